The number of ether oxygens (including phenoxy) is 1. The SMILES string of the molecule is CCn1c(/C(C)=N/c2cc(C(=O)N3C[C@@H](N)CC[C@H]3C)cc(OC)c2C)cc2cccnc21. The van der Waals surface area contributed by atoms with E-state index >= 15 is 0 Å². The zero-order valence-electron chi connectivity index (χ0n) is 20.1. The Kier molecular flexibility index (Phi) is 6.51. The number of aliphatic imine (C=N–C) groups is 1. The fraction of sp³-hybridized carbons (Fsp3) is 0.423. The van der Waals surface area contributed by atoms with Crippen molar-refractivity contribution in [3.05, 3.63) is 53.3 Å². The van der Waals surface area contributed by atoms with Gasteiger partial charge in [0.05, 0.1) is 24.2 Å². The highest BCUT2D eigenvalue weighted by Gasteiger charge is 2.28. The van der Waals surface area contributed by atoms with Crippen LogP contribution in [0.2, 0.25) is 0 Å². The molecule has 4 rings (SSSR count). The molecule has 33 heavy (non-hydrogen) atoms. The molecule has 1 amide bonds. The van der Waals surface area contributed by atoms with E-state index in [9.17, 15) is 4.79 Å². The maximum Gasteiger partial charge on any atom is 0.254 e. The molecule has 0 radical (unpaired) electrons. The van der Waals surface area contributed by atoms with Crippen molar-refractivity contribution in [2.45, 2.75) is 59.2 Å². The molecule has 0 bridgehead atoms. The lowest BCUT2D eigenvalue weighted by molar-refractivity contribution is 0.0612. The van der Waals surface area contributed by atoms with Crippen molar-refractivity contribution in [2.24, 2.45) is 10.7 Å². The summed E-state index contributed by atoms with van der Waals surface area (Å²) in [5.41, 5.74) is 11.2. The van der Waals surface area contributed by atoms with Gasteiger partial charge in [-0.3, -0.25) is 9.79 Å². The number of carbonyl (C=O) groups is 1. The van der Waals surface area contributed by atoms with E-state index in [-0.39, 0.29) is 18.0 Å². The van der Waals surface area contributed by atoms with Gasteiger partial charge in [-0.1, -0.05) is 0 Å². The van der Waals surface area contributed by atoms with Crippen molar-refractivity contribution < 1.29 is 9.53 Å². The Bertz CT molecular complexity index is 1210. The minimum absolute atomic E-state index is 0.0156. The zero-order valence-corrected chi connectivity index (χ0v) is 20.1. The number of nitrogens with two attached hydrogens (primary N) is 1. The molecule has 7 heteroatoms. The summed E-state index contributed by atoms with van der Waals surface area (Å²) in [6.07, 6.45) is 3.66. The van der Waals surface area contributed by atoms with E-state index in [1.807, 2.05) is 43.1 Å². The van der Waals surface area contributed by atoms with E-state index in [2.05, 4.69) is 35.5 Å². The first-order valence-electron chi connectivity index (χ1n) is 11.6. The Morgan fingerprint density at radius 2 is 2.09 bits per heavy atom. The van der Waals surface area contributed by atoms with Gasteiger partial charge in [0.2, 0.25) is 0 Å². The molecule has 3 heterocycles. The molecule has 2 atom stereocenters. The summed E-state index contributed by atoms with van der Waals surface area (Å²) in [4.78, 5) is 24.8. The van der Waals surface area contributed by atoms with Crippen LogP contribution in [0.1, 0.15) is 55.2 Å². The van der Waals surface area contributed by atoms with Crippen LogP contribution in [0.5, 0.6) is 5.75 Å². The quantitative estimate of drug-likeness (QED) is 0.585. The zero-order chi connectivity index (χ0) is 23.7. The molecule has 0 saturated carbocycles. The summed E-state index contributed by atoms with van der Waals surface area (Å²) in [5.74, 6) is 0.621. The molecule has 0 spiro atoms. The van der Waals surface area contributed by atoms with Crippen LogP contribution in [0, 0.1) is 6.92 Å². The summed E-state index contributed by atoms with van der Waals surface area (Å²) in [6.45, 7) is 9.50. The van der Waals surface area contributed by atoms with E-state index in [0.717, 1.165) is 53.1 Å². The number of likely N-dealkylation sites (tertiary alicyclic amines) is 1. The second-order valence-electron chi connectivity index (χ2n) is 8.85. The Hall–Kier alpha value is -3.19. The highest BCUT2D eigenvalue weighted by molar-refractivity contribution is 6.03. The first-order chi connectivity index (χ1) is 15.8. The molecule has 1 saturated heterocycles. The molecule has 7 nitrogen and oxygen atoms in total. The second-order valence-corrected chi connectivity index (χ2v) is 8.85. The fourth-order valence-corrected chi connectivity index (χ4v) is 4.65. The van der Waals surface area contributed by atoms with Crippen LogP contribution in [-0.4, -0.2) is 51.8 Å². The Morgan fingerprint density at radius 3 is 2.82 bits per heavy atom. The molecule has 1 fully saturated rings. The van der Waals surface area contributed by atoms with Gasteiger partial charge in [-0.2, -0.15) is 0 Å². The Balaban J connectivity index is 1.76. The summed E-state index contributed by atoms with van der Waals surface area (Å²) < 4.78 is 7.77. The maximum absolute atomic E-state index is 13.4. The molecular formula is C26H33N5O2. The van der Waals surface area contributed by atoms with Gasteiger partial charge in [-0.25, -0.2) is 4.98 Å². The minimum Gasteiger partial charge on any atom is -0.496 e. The highest BCUT2D eigenvalue weighted by Crippen LogP contribution is 2.32. The molecule has 2 aromatic heterocycles. The van der Waals surface area contributed by atoms with Crippen LogP contribution in [0.3, 0.4) is 0 Å². The van der Waals surface area contributed by atoms with E-state index in [1.54, 1.807) is 7.11 Å². The highest BCUT2D eigenvalue weighted by atomic mass is 16.5. The van der Waals surface area contributed by atoms with E-state index in [1.165, 1.54) is 0 Å². The molecule has 1 aliphatic rings. The number of piperidine rings is 1. The number of aromatic nitrogens is 2. The number of amides is 1. The lowest BCUT2D eigenvalue weighted by Crippen LogP contribution is -2.50. The number of hydrogen-bond donors (Lipinski definition) is 1. The summed E-state index contributed by atoms with van der Waals surface area (Å²) in [7, 11) is 1.62. The minimum atomic E-state index is -0.0306. The third kappa shape index (κ3) is 4.37. The van der Waals surface area contributed by atoms with Crippen LogP contribution in [0.4, 0.5) is 5.69 Å². The third-order valence-corrected chi connectivity index (χ3v) is 6.61. The van der Waals surface area contributed by atoms with Crippen molar-refractivity contribution in [3.8, 4) is 5.75 Å². The van der Waals surface area contributed by atoms with Crippen LogP contribution in [0.15, 0.2) is 41.5 Å². The van der Waals surface area contributed by atoms with Crippen LogP contribution < -0.4 is 10.5 Å². The van der Waals surface area contributed by atoms with Crippen molar-refractivity contribution >= 4 is 28.3 Å². The largest absolute Gasteiger partial charge is 0.496 e. The van der Waals surface area contributed by atoms with Gasteiger partial charge in [-0.15, -0.1) is 0 Å². The summed E-state index contributed by atoms with van der Waals surface area (Å²) in [6, 6.07) is 9.97. The van der Waals surface area contributed by atoms with Gasteiger partial charge >= 0.3 is 0 Å². The van der Waals surface area contributed by atoms with Crippen molar-refractivity contribution in [1.82, 2.24) is 14.5 Å². The molecule has 174 valence electrons. The number of nitrogens with zero attached hydrogens (tertiary/aromatic N) is 4. The van der Waals surface area contributed by atoms with Crippen molar-refractivity contribution in [1.29, 1.82) is 0 Å². The standard InChI is InChI=1S/C26H33N5O2/c1-6-30-23(13-19-8-7-11-28-25(19)30)18(4)29-22-12-20(14-24(33-5)17(22)3)26(32)31-15-21(27)10-9-16(31)2/h7-8,11-14,16,21H,6,9-10,15,27H2,1-5H3/b29-18+/t16-,21+/m1/s1. The Morgan fingerprint density at radius 1 is 1.30 bits per heavy atom. The number of rotatable bonds is 5. The number of benzene rings is 1. The van der Waals surface area contributed by atoms with E-state index < -0.39 is 0 Å². The lowest BCUT2D eigenvalue weighted by Gasteiger charge is -2.36. The average molecular weight is 448 g/mol. The maximum atomic E-state index is 13.4. The molecule has 0 unspecified atom stereocenters. The summed E-state index contributed by atoms with van der Waals surface area (Å²) >= 11 is 0. The van der Waals surface area contributed by atoms with Gasteiger partial charge in [0.25, 0.3) is 5.91 Å². The number of pyridine rings is 1. The van der Waals surface area contributed by atoms with Crippen LogP contribution in [0.25, 0.3) is 11.0 Å². The van der Waals surface area contributed by atoms with Gasteiger partial charge in [0.15, 0.2) is 0 Å². The molecule has 1 aromatic carbocycles. The molecule has 3 aromatic rings. The topological polar surface area (TPSA) is 85.7 Å². The van der Waals surface area contributed by atoms with Gasteiger partial charge < -0.3 is 19.9 Å². The third-order valence-electron chi connectivity index (χ3n) is 6.61. The Labute approximate surface area is 195 Å². The average Bonchev–Trinajstić information content (AvgIpc) is 3.20. The lowest BCUT2D eigenvalue weighted by atomic mass is 9.98. The first kappa shape index (κ1) is 23.0. The van der Waals surface area contributed by atoms with Crippen molar-refractivity contribution in [3.63, 3.8) is 0 Å². The van der Waals surface area contributed by atoms with Crippen LogP contribution in [-0.2, 0) is 6.54 Å². The molecular weight excluding hydrogens is 414 g/mol. The number of carbonyl (C=O) groups excluding carboxylic acids is 1. The molecule has 0 aliphatic carbocycles. The predicted molar refractivity (Wildman–Crippen MR) is 133 cm³/mol. The van der Waals surface area contributed by atoms with Crippen LogP contribution >= 0.6 is 0 Å². The normalized spacial score (nSPS) is 19.2. The van der Waals surface area contributed by atoms with Gasteiger partial charge in [-0.05, 0) is 70.9 Å². The van der Waals surface area contributed by atoms with E-state index in [0.29, 0.717) is 17.9 Å². The van der Waals surface area contributed by atoms with Crippen molar-refractivity contribution in [2.75, 3.05) is 13.7 Å². The predicted octanol–water partition coefficient (Wildman–Crippen LogP) is 4.47. The fourth-order valence-electron chi connectivity index (χ4n) is 4.65. The van der Waals surface area contributed by atoms with Gasteiger partial charge in [0.1, 0.15) is 11.4 Å². The van der Waals surface area contributed by atoms with Gasteiger partial charge in [0, 0.05) is 47.9 Å². The molecule has 2 N–H and O–H groups in total. The smallest absolute Gasteiger partial charge is 0.254 e. The first-order valence-corrected chi connectivity index (χ1v) is 11.6. The summed E-state index contributed by atoms with van der Waals surface area (Å²) in [5, 5.41) is 1.08. The number of hydrogen-bond acceptors (Lipinski definition) is 5. The number of aryl methyl sites for hydroxylation is 1. The number of methoxy groups -OCH3 is 1. The van der Waals surface area contributed by atoms with E-state index in [4.69, 9.17) is 15.5 Å². The second kappa shape index (κ2) is 9.35. The monoisotopic (exact) mass is 447 g/mol. The number of fused-ring (bicyclic) bond motifs is 1. The molecule has 1 aliphatic heterocycles.